The van der Waals surface area contributed by atoms with Crippen LogP contribution in [-0.2, 0) is 0 Å². The van der Waals surface area contributed by atoms with E-state index in [9.17, 15) is 9.59 Å². The van der Waals surface area contributed by atoms with E-state index in [0.717, 1.165) is 10.9 Å². The van der Waals surface area contributed by atoms with Crippen LogP contribution in [0.15, 0.2) is 36.4 Å². The second-order valence-corrected chi connectivity index (χ2v) is 6.21. The quantitative estimate of drug-likeness (QED) is 0.472. The van der Waals surface area contributed by atoms with Gasteiger partial charge in [-0.05, 0) is 24.6 Å². The topological polar surface area (TPSA) is 47.0 Å². The van der Waals surface area contributed by atoms with Crippen LogP contribution in [0.2, 0.25) is 0 Å². The number of hydrogen-bond acceptors (Lipinski definition) is 3. The highest BCUT2D eigenvalue weighted by Crippen LogP contribution is 2.33. The Hall–Kier alpha value is -2.62. The molecule has 112 valence electrons. The SMILES string of the molecule is [B]c1c([B])c(C)c2c(c1[B])C(=O)C(c1ccc3ccccc3n1)C2=O. The van der Waals surface area contributed by atoms with Crippen molar-refractivity contribution in [1.29, 1.82) is 0 Å². The number of Topliss-reactive ketones (excluding diaryl/α,β-unsaturated/α-hetero) is 2. The minimum Gasteiger partial charge on any atom is -0.293 e. The van der Waals surface area contributed by atoms with Gasteiger partial charge in [-0.25, -0.2) is 0 Å². The van der Waals surface area contributed by atoms with Gasteiger partial charge >= 0.3 is 0 Å². The lowest BCUT2D eigenvalue weighted by Gasteiger charge is -2.15. The highest BCUT2D eigenvalue weighted by molar-refractivity contribution is 6.60. The normalized spacial score (nSPS) is 16.4. The Kier molecular flexibility index (Phi) is 3.46. The second kappa shape index (κ2) is 5.45. The molecule has 1 unspecified atom stereocenters. The number of nitrogens with zero attached hydrogens (tertiary/aromatic N) is 1. The number of pyridine rings is 1. The third-order valence-electron chi connectivity index (χ3n) is 4.81. The molecule has 0 amide bonds. The van der Waals surface area contributed by atoms with Crippen molar-refractivity contribution in [2.75, 3.05) is 0 Å². The molecule has 1 atom stereocenters. The van der Waals surface area contributed by atoms with Crippen LogP contribution >= 0.6 is 0 Å². The summed E-state index contributed by atoms with van der Waals surface area (Å²) in [6, 6.07) is 11.1. The van der Waals surface area contributed by atoms with Crippen molar-refractivity contribution in [1.82, 2.24) is 4.98 Å². The number of carbonyl (C=O) groups is 2. The first-order valence-corrected chi connectivity index (χ1v) is 7.83. The summed E-state index contributed by atoms with van der Waals surface area (Å²) in [7, 11) is 17.8. The predicted molar refractivity (Wildman–Crippen MR) is 100 cm³/mol. The zero-order valence-electron chi connectivity index (χ0n) is 13.5. The van der Waals surface area contributed by atoms with E-state index in [2.05, 4.69) is 4.98 Å². The molecule has 0 bridgehead atoms. The van der Waals surface area contributed by atoms with Crippen LogP contribution in [0.3, 0.4) is 0 Å². The van der Waals surface area contributed by atoms with Gasteiger partial charge in [-0.2, -0.15) is 0 Å². The van der Waals surface area contributed by atoms with E-state index in [1.54, 1.807) is 13.0 Å². The number of benzene rings is 2. The Morgan fingerprint density at radius 1 is 0.840 bits per heavy atom. The zero-order chi connectivity index (χ0) is 17.9. The molecule has 3 aromatic rings. The van der Waals surface area contributed by atoms with E-state index in [0.29, 0.717) is 11.3 Å². The zero-order valence-corrected chi connectivity index (χ0v) is 13.5. The largest absolute Gasteiger partial charge is 0.293 e. The molecule has 1 aliphatic carbocycles. The number of aromatic nitrogens is 1. The number of fused-ring (bicyclic) bond motifs is 2. The maximum absolute atomic E-state index is 13.0. The molecule has 1 aromatic heterocycles. The van der Waals surface area contributed by atoms with Crippen molar-refractivity contribution in [2.24, 2.45) is 0 Å². The van der Waals surface area contributed by atoms with E-state index in [4.69, 9.17) is 23.5 Å². The van der Waals surface area contributed by atoms with E-state index in [1.807, 2.05) is 30.3 Å². The lowest BCUT2D eigenvalue weighted by atomic mass is 9.67. The van der Waals surface area contributed by atoms with Crippen LogP contribution in [0, 0.1) is 6.92 Å². The van der Waals surface area contributed by atoms with Crippen LogP contribution in [0.4, 0.5) is 0 Å². The standard InChI is InChI=1S/C19H10B3NO2/c1-8-12-14(16(21)17(22)15(8)20)19(25)13(18(12)24)11-7-6-9-4-2-3-5-10(9)23-11/h2-7,13H,1H3. The first kappa shape index (κ1) is 15.9. The van der Waals surface area contributed by atoms with Crippen LogP contribution in [-0.4, -0.2) is 40.1 Å². The van der Waals surface area contributed by atoms with Crippen molar-refractivity contribution in [3.05, 3.63) is 58.8 Å². The molecule has 0 aliphatic heterocycles. The van der Waals surface area contributed by atoms with Gasteiger partial charge in [0.2, 0.25) is 0 Å². The lowest BCUT2D eigenvalue weighted by Crippen LogP contribution is -2.43. The summed E-state index contributed by atoms with van der Waals surface area (Å²) in [6.07, 6.45) is 0. The second-order valence-electron chi connectivity index (χ2n) is 6.21. The third kappa shape index (κ3) is 2.13. The number of para-hydroxylation sites is 1. The summed E-state index contributed by atoms with van der Waals surface area (Å²) < 4.78 is 0. The van der Waals surface area contributed by atoms with Gasteiger partial charge in [0, 0.05) is 16.5 Å². The smallest absolute Gasteiger partial charge is 0.180 e. The van der Waals surface area contributed by atoms with Crippen LogP contribution in [0.25, 0.3) is 10.9 Å². The Labute approximate surface area is 149 Å². The molecule has 3 nitrogen and oxygen atoms in total. The third-order valence-corrected chi connectivity index (χ3v) is 4.81. The highest BCUT2D eigenvalue weighted by Gasteiger charge is 2.42. The molecule has 0 N–H and O–H groups in total. The summed E-state index contributed by atoms with van der Waals surface area (Å²) in [5.41, 5.74) is 2.49. The summed E-state index contributed by atoms with van der Waals surface area (Å²) in [5.74, 6) is -1.73. The first-order valence-electron chi connectivity index (χ1n) is 7.83. The van der Waals surface area contributed by atoms with E-state index in [1.165, 1.54) is 0 Å². The molecule has 1 heterocycles. The van der Waals surface area contributed by atoms with Gasteiger partial charge in [0.05, 0.1) is 11.2 Å². The molecule has 0 spiro atoms. The fourth-order valence-electron chi connectivity index (χ4n) is 3.42. The molecule has 6 heteroatoms. The fraction of sp³-hybridized carbons (Fsp3) is 0.105. The molecule has 25 heavy (non-hydrogen) atoms. The minimum absolute atomic E-state index is 0.0692. The van der Waals surface area contributed by atoms with Crippen molar-refractivity contribution >= 4 is 62.4 Å². The molecule has 0 fully saturated rings. The first-order chi connectivity index (χ1) is 11.9. The number of rotatable bonds is 1. The van der Waals surface area contributed by atoms with Gasteiger partial charge in [0.25, 0.3) is 0 Å². The lowest BCUT2D eigenvalue weighted by molar-refractivity contribution is 0.0888. The maximum atomic E-state index is 13.0. The van der Waals surface area contributed by atoms with Crippen LogP contribution in [0.1, 0.15) is 37.9 Å². The van der Waals surface area contributed by atoms with Crippen LogP contribution in [0.5, 0.6) is 0 Å². The molecular formula is C19H10B3NO2. The van der Waals surface area contributed by atoms with Gasteiger partial charge in [0.1, 0.15) is 29.5 Å². The minimum atomic E-state index is -1.01. The summed E-state index contributed by atoms with van der Waals surface area (Å²) in [6.45, 7) is 1.67. The van der Waals surface area contributed by atoms with Gasteiger partial charge < -0.3 is 0 Å². The molecule has 0 saturated carbocycles. The fourth-order valence-corrected chi connectivity index (χ4v) is 3.42. The summed E-state index contributed by atoms with van der Waals surface area (Å²) in [5, 5.41) is 0.936. The maximum Gasteiger partial charge on any atom is 0.180 e. The molecule has 1 aliphatic rings. The average molecular weight is 317 g/mol. The Morgan fingerprint density at radius 2 is 1.52 bits per heavy atom. The molecule has 6 radical (unpaired) electrons. The molecule has 0 saturated heterocycles. The highest BCUT2D eigenvalue weighted by atomic mass is 16.2. The van der Waals surface area contributed by atoms with Gasteiger partial charge in [-0.1, -0.05) is 29.7 Å². The van der Waals surface area contributed by atoms with E-state index < -0.39 is 5.92 Å². The van der Waals surface area contributed by atoms with Crippen molar-refractivity contribution < 1.29 is 9.59 Å². The van der Waals surface area contributed by atoms with E-state index >= 15 is 0 Å². The monoisotopic (exact) mass is 317 g/mol. The van der Waals surface area contributed by atoms with Gasteiger partial charge in [-0.15, -0.1) is 10.9 Å². The van der Waals surface area contributed by atoms with Crippen molar-refractivity contribution in [3.63, 3.8) is 0 Å². The van der Waals surface area contributed by atoms with Crippen LogP contribution < -0.4 is 16.4 Å². The molecule has 2 aromatic carbocycles. The van der Waals surface area contributed by atoms with Crippen molar-refractivity contribution in [3.8, 4) is 0 Å². The Balaban J connectivity index is 1.93. The van der Waals surface area contributed by atoms with E-state index in [-0.39, 0.29) is 39.1 Å². The molecule has 4 rings (SSSR count). The van der Waals surface area contributed by atoms with Gasteiger partial charge in [0.15, 0.2) is 11.6 Å². The molecular weight excluding hydrogens is 307 g/mol. The number of carbonyl (C=O) groups excluding carboxylic acids is 2. The summed E-state index contributed by atoms with van der Waals surface area (Å²) >= 11 is 0. The number of ketones is 2. The summed E-state index contributed by atoms with van der Waals surface area (Å²) in [4.78, 5) is 30.4. The predicted octanol–water partition coefficient (Wildman–Crippen LogP) is 0.0874. The van der Waals surface area contributed by atoms with Gasteiger partial charge in [-0.3, -0.25) is 14.6 Å². The Bertz CT molecular complexity index is 1040. The number of hydrogen-bond donors (Lipinski definition) is 0. The Morgan fingerprint density at radius 3 is 2.28 bits per heavy atom. The average Bonchev–Trinajstić information content (AvgIpc) is 2.88. The van der Waals surface area contributed by atoms with Crippen molar-refractivity contribution in [2.45, 2.75) is 12.8 Å².